The summed E-state index contributed by atoms with van der Waals surface area (Å²) in [7, 11) is 1.31. The lowest BCUT2D eigenvalue weighted by Crippen LogP contribution is -2.27. The average molecular weight is 342 g/mol. The minimum absolute atomic E-state index is 0.0446. The molecular weight excluding hydrogens is 323 g/mol. The van der Waals surface area contributed by atoms with Crippen molar-refractivity contribution < 1.29 is 18.7 Å². The zero-order valence-electron chi connectivity index (χ0n) is 13.1. The number of unbranched alkanes of at least 4 members (excludes halogenated alkanes) is 2. The Labute approximate surface area is 138 Å². The fraction of sp³-hybridized carbons (Fsp3) is 0.467. The average Bonchev–Trinajstić information content (AvgIpc) is 2.51. The molecule has 1 aromatic heterocycles. The first-order chi connectivity index (χ1) is 10.8. The zero-order valence-corrected chi connectivity index (χ0v) is 14.0. The molecule has 23 heavy (non-hydrogen) atoms. The van der Waals surface area contributed by atoms with E-state index in [2.05, 4.69) is 6.58 Å². The van der Waals surface area contributed by atoms with E-state index >= 15 is 0 Å². The Bertz CT molecular complexity index is 736. The van der Waals surface area contributed by atoms with Crippen LogP contribution in [0.25, 0.3) is 0 Å². The van der Waals surface area contributed by atoms with Crippen LogP contribution in [0.4, 0.5) is 4.39 Å². The van der Waals surface area contributed by atoms with E-state index in [0.29, 0.717) is 24.8 Å². The maximum absolute atomic E-state index is 13.4. The molecule has 0 aliphatic rings. The molecule has 126 valence electrons. The smallest absolute Gasteiger partial charge is 0.333 e. The summed E-state index contributed by atoms with van der Waals surface area (Å²) in [5, 5.41) is 0. The van der Waals surface area contributed by atoms with Gasteiger partial charge in [0.15, 0.2) is 4.77 Å². The molecule has 0 unspecified atom stereocenters. The third-order valence-corrected chi connectivity index (χ3v) is 3.60. The van der Waals surface area contributed by atoms with E-state index < -0.39 is 17.3 Å². The van der Waals surface area contributed by atoms with Gasteiger partial charge in [0.2, 0.25) is 11.7 Å². The standard InChI is InChI=1S/C15H19FN2O4S/c1-10(2)14(21)22-8-6-4-5-7-12(19)18-9-11(16)13(20)17(3)15(18)23/h9H,1,4-8H2,2-3H3. The molecule has 1 aromatic rings. The van der Waals surface area contributed by atoms with Crippen LogP contribution >= 0.6 is 12.2 Å². The number of nitrogens with zero attached hydrogens (tertiary/aromatic N) is 2. The Morgan fingerprint density at radius 1 is 1.35 bits per heavy atom. The van der Waals surface area contributed by atoms with E-state index in [0.717, 1.165) is 15.3 Å². The number of halogens is 1. The third kappa shape index (κ3) is 5.24. The van der Waals surface area contributed by atoms with Crippen molar-refractivity contribution in [3.8, 4) is 0 Å². The van der Waals surface area contributed by atoms with Gasteiger partial charge in [-0.2, -0.15) is 4.39 Å². The van der Waals surface area contributed by atoms with Crippen LogP contribution in [0, 0.1) is 10.6 Å². The van der Waals surface area contributed by atoms with Gasteiger partial charge in [0.25, 0.3) is 5.56 Å². The first kappa shape index (κ1) is 19.0. The highest BCUT2D eigenvalue weighted by molar-refractivity contribution is 7.71. The molecule has 1 heterocycles. The maximum Gasteiger partial charge on any atom is 0.333 e. The van der Waals surface area contributed by atoms with Crippen molar-refractivity contribution in [1.82, 2.24) is 9.13 Å². The quantitative estimate of drug-likeness (QED) is 0.329. The first-order valence-electron chi connectivity index (χ1n) is 7.09. The van der Waals surface area contributed by atoms with Gasteiger partial charge in [-0.15, -0.1) is 0 Å². The van der Waals surface area contributed by atoms with Gasteiger partial charge < -0.3 is 4.74 Å². The second-order valence-corrected chi connectivity index (χ2v) is 5.48. The molecule has 0 saturated carbocycles. The Kier molecular flexibility index (Phi) is 7.02. The molecule has 0 saturated heterocycles. The summed E-state index contributed by atoms with van der Waals surface area (Å²) >= 11 is 4.96. The Hall–Kier alpha value is -2.09. The molecule has 0 aliphatic carbocycles. The predicted octanol–water partition coefficient (Wildman–Crippen LogP) is 2.38. The molecule has 0 bridgehead atoms. The van der Waals surface area contributed by atoms with Gasteiger partial charge in [0.05, 0.1) is 12.8 Å². The molecule has 0 aliphatic heterocycles. The maximum atomic E-state index is 13.4. The third-order valence-electron chi connectivity index (χ3n) is 3.13. The summed E-state index contributed by atoms with van der Waals surface area (Å²) in [6.07, 6.45) is 2.79. The summed E-state index contributed by atoms with van der Waals surface area (Å²) in [6.45, 7) is 5.29. The fourth-order valence-corrected chi connectivity index (χ4v) is 2.01. The normalized spacial score (nSPS) is 10.4. The molecule has 0 spiro atoms. The summed E-state index contributed by atoms with van der Waals surface area (Å²) in [4.78, 5) is 34.5. The van der Waals surface area contributed by atoms with Crippen LogP contribution in [-0.4, -0.2) is 27.6 Å². The molecular formula is C15H19FN2O4S. The van der Waals surface area contributed by atoms with Crippen LogP contribution in [0.2, 0.25) is 0 Å². The Balaban J connectivity index is 2.47. The van der Waals surface area contributed by atoms with E-state index in [1.165, 1.54) is 7.05 Å². The first-order valence-corrected chi connectivity index (χ1v) is 7.50. The van der Waals surface area contributed by atoms with Gasteiger partial charge in [-0.25, -0.2) is 4.79 Å². The van der Waals surface area contributed by atoms with Crippen LogP contribution in [0.15, 0.2) is 23.1 Å². The van der Waals surface area contributed by atoms with Crippen molar-refractivity contribution in [3.63, 3.8) is 0 Å². The molecule has 0 N–H and O–H groups in total. The van der Waals surface area contributed by atoms with Crippen molar-refractivity contribution in [3.05, 3.63) is 39.3 Å². The summed E-state index contributed by atoms with van der Waals surface area (Å²) in [6, 6.07) is 0. The van der Waals surface area contributed by atoms with E-state index in [-0.39, 0.29) is 23.7 Å². The number of esters is 1. The van der Waals surface area contributed by atoms with Crippen molar-refractivity contribution in [2.24, 2.45) is 7.05 Å². The predicted molar refractivity (Wildman–Crippen MR) is 85.3 cm³/mol. The van der Waals surface area contributed by atoms with Crippen LogP contribution < -0.4 is 5.56 Å². The molecule has 6 nitrogen and oxygen atoms in total. The Morgan fingerprint density at radius 2 is 2.00 bits per heavy atom. The number of ether oxygens (including phenoxy) is 1. The molecule has 1 rings (SSSR count). The molecule has 0 amide bonds. The summed E-state index contributed by atoms with van der Waals surface area (Å²) in [5.74, 6) is -1.85. The number of carbonyl (C=O) groups is 2. The van der Waals surface area contributed by atoms with E-state index in [4.69, 9.17) is 17.0 Å². The van der Waals surface area contributed by atoms with Crippen LogP contribution in [0.1, 0.15) is 37.4 Å². The van der Waals surface area contributed by atoms with Gasteiger partial charge >= 0.3 is 5.97 Å². The largest absolute Gasteiger partial charge is 0.462 e. The number of hydrogen-bond acceptors (Lipinski definition) is 5. The lowest BCUT2D eigenvalue weighted by molar-refractivity contribution is -0.139. The monoisotopic (exact) mass is 342 g/mol. The van der Waals surface area contributed by atoms with Crippen molar-refractivity contribution >= 4 is 24.1 Å². The summed E-state index contributed by atoms with van der Waals surface area (Å²) < 4.78 is 20.2. The second kappa shape index (κ2) is 8.52. The van der Waals surface area contributed by atoms with Crippen LogP contribution in [-0.2, 0) is 16.6 Å². The molecule has 0 radical (unpaired) electrons. The second-order valence-electron chi connectivity index (χ2n) is 5.11. The highest BCUT2D eigenvalue weighted by Gasteiger charge is 2.11. The lowest BCUT2D eigenvalue weighted by atomic mass is 10.2. The fourth-order valence-electron chi connectivity index (χ4n) is 1.77. The topological polar surface area (TPSA) is 70.3 Å². The van der Waals surface area contributed by atoms with Crippen LogP contribution in [0.3, 0.4) is 0 Å². The molecule has 0 aromatic carbocycles. The van der Waals surface area contributed by atoms with Crippen LogP contribution in [0.5, 0.6) is 0 Å². The number of rotatable bonds is 7. The van der Waals surface area contributed by atoms with E-state index in [9.17, 15) is 18.8 Å². The number of aromatic nitrogens is 2. The van der Waals surface area contributed by atoms with Gasteiger partial charge in [0, 0.05) is 19.0 Å². The van der Waals surface area contributed by atoms with Gasteiger partial charge in [-0.05, 0) is 38.4 Å². The number of hydrogen-bond donors (Lipinski definition) is 0. The van der Waals surface area contributed by atoms with Gasteiger partial charge in [0.1, 0.15) is 0 Å². The van der Waals surface area contributed by atoms with Crippen molar-refractivity contribution in [2.75, 3.05) is 6.61 Å². The Morgan fingerprint density at radius 3 is 2.61 bits per heavy atom. The van der Waals surface area contributed by atoms with Crippen molar-refractivity contribution in [1.29, 1.82) is 0 Å². The SMILES string of the molecule is C=C(C)C(=O)OCCCCCC(=O)n1cc(F)c(=O)n(C)c1=S. The number of carbonyl (C=O) groups excluding carboxylic acids is 2. The summed E-state index contributed by atoms with van der Waals surface area (Å²) in [5.41, 5.74) is -0.523. The minimum Gasteiger partial charge on any atom is -0.462 e. The highest BCUT2D eigenvalue weighted by atomic mass is 32.1. The van der Waals surface area contributed by atoms with Gasteiger partial charge in [-0.1, -0.05) is 6.58 Å². The highest BCUT2D eigenvalue weighted by Crippen LogP contribution is 2.05. The molecule has 0 fully saturated rings. The molecule has 8 heteroatoms. The minimum atomic E-state index is -1.03. The lowest BCUT2D eigenvalue weighted by Gasteiger charge is -2.08. The van der Waals surface area contributed by atoms with Crippen molar-refractivity contribution in [2.45, 2.75) is 32.6 Å². The molecule has 0 atom stereocenters. The van der Waals surface area contributed by atoms with E-state index in [1.807, 2.05) is 0 Å². The zero-order chi connectivity index (χ0) is 17.6. The van der Waals surface area contributed by atoms with Gasteiger partial charge in [-0.3, -0.25) is 18.7 Å². The van der Waals surface area contributed by atoms with E-state index in [1.54, 1.807) is 6.92 Å².